The lowest BCUT2D eigenvalue weighted by Crippen LogP contribution is -2.23. The van der Waals surface area contributed by atoms with Crippen molar-refractivity contribution in [1.29, 1.82) is 0 Å². The Balaban J connectivity index is 0.983. The van der Waals surface area contributed by atoms with Gasteiger partial charge in [0, 0.05) is 32.4 Å². The van der Waals surface area contributed by atoms with E-state index in [0.29, 0.717) is 0 Å². The third-order valence-electron chi connectivity index (χ3n) is 9.44. The van der Waals surface area contributed by atoms with Crippen molar-refractivity contribution < 1.29 is 0 Å². The van der Waals surface area contributed by atoms with Gasteiger partial charge < -0.3 is 14.7 Å². The van der Waals surface area contributed by atoms with Crippen molar-refractivity contribution in [3.05, 3.63) is 182 Å². The normalized spacial score (nSPS) is 12.9. The summed E-state index contributed by atoms with van der Waals surface area (Å²) in [4.78, 5) is 9.50. The summed E-state index contributed by atoms with van der Waals surface area (Å²) in [7, 11) is 0. The molecule has 0 N–H and O–H groups in total. The average molecular weight is 675 g/mol. The van der Waals surface area contributed by atoms with Crippen LogP contribution in [0.15, 0.2) is 192 Å². The van der Waals surface area contributed by atoms with Gasteiger partial charge in [-0.2, -0.15) is 0 Å². The first-order valence-corrected chi connectivity index (χ1v) is 17.7. The minimum atomic E-state index is 0.814. The van der Waals surface area contributed by atoms with Gasteiger partial charge in [-0.3, -0.25) is 0 Å². The molecule has 3 heterocycles. The standard InChI is InChI=1S/C44H30N6S/c1-2-13-32(14-3-1)48-37-17-4-6-19-39(37)50(40-20-7-5-18-38(40)48)35-16-12-15-34(29-35)47-30-36(45-46-47)31-25-27-33(28-26-31)49-41-21-8-10-23-43(41)51-44-24-11-9-22-42(44)49/h1-30H. The zero-order valence-corrected chi connectivity index (χ0v) is 28.2. The Bertz CT molecular complexity index is 2450. The second-order valence-corrected chi connectivity index (χ2v) is 13.6. The number of hydrogen-bond donors (Lipinski definition) is 0. The summed E-state index contributed by atoms with van der Waals surface area (Å²) in [6, 6.07) is 61.9. The summed E-state index contributed by atoms with van der Waals surface area (Å²) in [5.74, 6) is 0. The smallest absolute Gasteiger partial charge is 0.113 e. The first-order valence-electron chi connectivity index (χ1n) is 16.9. The summed E-state index contributed by atoms with van der Waals surface area (Å²) in [5.41, 5.74) is 12.9. The molecule has 51 heavy (non-hydrogen) atoms. The highest BCUT2D eigenvalue weighted by atomic mass is 32.2. The minimum absolute atomic E-state index is 0.814. The number of para-hydroxylation sites is 7. The average Bonchev–Trinajstić information content (AvgIpc) is 3.70. The molecule has 0 fully saturated rings. The molecule has 0 unspecified atom stereocenters. The lowest BCUT2D eigenvalue weighted by molar-refractivity contribution is 0.804. The predicted molar refractivity (Wildman–Crippen MR) is 209 cm³/mol. The van der Waals surface area contributed by atoms with Gasteiger partial charge in [0.15, 0.2) is 0 Å². The van der Waals surface area contributed by atoms with Crippen molar-refractivity contribution in [3.8, 4) is 16.9 Å². The highest BCUT2D eigenvalue weighted by Crippen LogP contribution is 2.54. The fourth-order valence-electron chi connectivity index (χ4n) is 7.14. The number of anilines is 9. The SMILES string of the molecule is c1ccc(N2c3ccccc3N(c3cccc(-n4cc(-c5ccc(N6c7ccccc7Sc7ccccc76)cc5)nn4)c3)c3ccccc32)cc1. The second-order valence-electron chi connectivity index (χ2n) is 12.5. The molecule has 0 aliphatic carbocycles. The lowest BCUT2D eigenvalue weighted by Gasteiger charge is -2.40. The van der Waals surface area contributed by atoms with Gasteiger partial charge in [0.1, 0.15) is 5.69 Å². The maximum absolute atomic E-state index is 4.61. The van der Waals surface area contributed by atoms with Crippen molar-refractivity contribution >= 4 is 62.9 Å². The van der Waals surface area contributed by atoms with E-state index in [2.05, 4.69) is 201 Å². The highest BCUT2D eigenvalue weighted by molar-refractivity contribution is 7.99. The van der Waals surface area contributed by atoms with E-state index in [0.717, 1.165) is 56.8 Å². The van der Waals surface area contributed by atoms with Crippen LogP contribution < -0.4 is 14.7 Å². The molecule has 6 nitrogen and oxygen atoms in total. The van der Waals surface area contributed by atoms with Gasteiger partial charge >= 0.3 is 0 Å². The van der Waals surface area contributed by atoms with Crippen LogP contribution in [0.5, 0.6) is 0 Å². The molecule has 8 aromatic rings. The zero-order valence-electron chi connectivity index (χ0n) is 27.4. The third-order valence-corrected chi connectivity index (χ3v) is 10.6. The van der Waals surface area contributed by atoms with E-state index in [9.17, 15) is 0 Å². The molecule has 7 heteroatoms. The maximum Gasteiger partial charge on any atom is 0.113 e. The third kappa shape index (κ3) is 4.97. The first kappa shape index (κ1) is 29.4. The van der Waals surface area contributed by atoms with Crippen LogP contribution in [0.3, 0.4) is 0 Å². The van der Waals surface area contributed by atoms with Gasteiger partial charge in [-0.15, -0.1) is 5.10 Å². The largest absolute Gasteiger partial charge is 0.308 e. The summed E-state index contributed by atoms with van der Waals surface area (Å²) < 4.78 is 1.86. The Morgan fingerprint density at radius 3 is 1.43 bits per heavy atom. The summed E-state index contributed by atoms with van der Waals surface area (Å²) >= 11 is 1.82. The van der Waals surface area contributed by atoms with E-state index in [-0.39, 0.29) is 0 Å². The Morgan fingerprint density at radius 2 is 0.824 bits per heavy atom. The van der Waals surface area contributed by atoms with Crippen molar-refractivity contribution in [2.75, 3.05) is 14.7 Å². The van der Waals surface area contributed by atoms with Gasteiger partial charge in [-0.05, 0) is 91.0 Å². The van der Waals surface area contributed by atoms with Crippen LogP contribution in [-0.2, 0) is 0 Å². The molecule has 0 atom stereocenters. The Morgan fingerprint density at radius 1 is 0.373 bits per heavy atom. The van der Waals surface area contributed by atoms with Crippen molar-refractivity contribution in [1.82, 2.24) is 15.0 Å². The monoisotopic (exact) mass is 674 g/mol. The number of rotatable bonds is 5. The number of benzene rings is 7. The van der Waals surface area contributed by atoms with E-state index in [4.69, 9.17) is 0 Å². The van der Waals surface area contributed by atoms with Crippen LogP contribution in [0, 0.1) is 0 Å². The molecule has 2 aliphatic heterocycles. The molecule has 0 saturated heterocycles. The van der Waals surface area contributed by atoms with E-state index >= 15 is 0 Å². The van der Waals surface area contributed by atoms with Gasteiger partial charge in [0.25, 0.3) is 0 Å². The van der Waals surface area contributed by atoms with Crippen molar-refractivity contribution in [3.63, 3.8) is 0 Å². The number of fused-ring (bicyclic) bond motifs is 4. The van der Waals surface area contributed by atoms with E-state index in [1.54, 1.807) is 0 Å². The molecule has 0 saturated carbocycles. The van der Waals surface area contributed by atoms with Crippen LogP contribution in [0.2, 0.25) is 0 Å². The van der Waals surface area contributed by atoms with Crippen molar-refractivity contribution in [2.24, 2.45) is 0 Å². The van der Waals surface area contributed by atoms with Gasteiger partial charge in [0.2, 0.25) is 0 Å². The molecule has 1 aromatic heterocycles. The van der Waals surface area contributed by atoms with Crippen LogP contribution >= 0.6 is 11.8 Å². The fraction of sp³-hybridized carbons (Fsp3) is 0. The van der Waals surface area contributed by atoms with E-state index < -0.39 is 0 Å². The summed E-state index contributed by atoms with van der Waals surface area (Å²) in [6.07, 6.45) is 2.01. The van der Waals surface area contributed by atoms with Gasteiger partial charge in [-0.1, -0.05) is 102 Å². The minimum Gasteiger partial charge on any atom is -0.308 e. The lowest BCUT2D eigenvalue weighted by atomic mass is 10.0. The Kier molecular flexibility index (Phi) is 6.96. The highest BCUT2D eigenvalue weighted by Gasteiger charge is 2.30. The molecule has 0 bridgehead atoms. The molecule has 10 rings (SSSR count). The maximum atomic E-state index is 4.61. The van der Waals surface area contributed by atoms with Crippen LogP contribution in [0.25, 0.3) is 16.9 Å². The summed E-state index contributed by atoms with van der Waals surface area (Å²) in [5, 5.41) is 9.20. The Hall–Kier alpha value is -6.57. The summed E-state index contributed by atoms with van der Waals surface area (Å²) in [6.45, 7) is 0. The predicted octanol–water partition coefficient (Wildman–Crippen LogP) is 12.1. The second kappa shape index (κ2) is 12.1. The van der Waals surface area contributed by atoms with E-state index in [1.807, 2.05) is 22.6 Å². The quantitative estimate of drug-likeness (QED) is 0.181. The first-order chi connectivity index (χ1) is 25.3. The van der Waals surface area contributed by atoms with Gasteiger partial charge in [-0.25, -0.2) is 4.68 Å². The van der Waals surface area contributed by atoms with Crippen LogP contribution in [0.1, 0.15) is 0 Å². The number of aromatic nitrogens is 3. The van der Waals surface area contributed by atoms with E-state index in [1.165, 1.54) is 21.2 Å². The molecule has 2 aliphatic rings. The Labute approximate surface area is 300 Å². The van der Waals surface area contributed by atoms with Crippen LogP contribution in [-0.4, -0.2) is 15.0 Å². The molecule has 0 amide bonds. The molecule has 7 aromatic carbocycles. The molecular weight excluding hydrogens is 645 g/mol. The molecular formula is C44H30N6S. The number of nitrogens with zero attached hydrogens (tertiary/aromatic N) is 6. The van der Waals surface area contributed by atoms with Gasteiger partial charge in [0.05, 0.1) is 46.0 Å². The number of hydrogen-bond acceptors (Lipinski definition) is 6. The van der Waals surface area contributed by atoms with Crippen LogP contribution in [0.4, 0.5) is 51.2 Å². The zero-order chi connectivity index (χ0) is 33.7. The molecule has 242 valence electrons. The molecule has 0 spiro atoms. The molecule has 0 radical (unpaired) electrons. The topological polar surface area (TPSA) is 40.4 Å². The van der Waals surface area contributed by atoms with Crippen molar-refractivity contribution in [2.45, 2.75) is 9.79 Å². The fourth-order valence-corrected chi connectivity index (χ4v) is 8.20.